The first kappa shape index (κ1) is 12.3. The Balaban J connectivity index is 2.33. The Hall–Kier alpha value is -1.14. The molecule has 0 aromatic carbocycles. The summed E-state index contributed by atoms with van der Waals surface area (Å²) in [7, 11) is 1.54. The maximum absolute atomic E-state index is 11.9. The number of anilines is 1. The largest absolute Gasteiger partial charge is 0.480 e. The number of nitrogens with two attached hydrogens (primary N) is 1. The number of pyridine rings is 1. The molecule has 92 valence electrons. The molecule has 0 aliphatic carbocycles. The van der Waals surface area contributed by atoms with E-state index in [1.807, 2.05) is 6.07 Å². The minimum absolute atomic E-state index is 0.0682. The van der Waals surface area contributed by atoms with Gasteiger partial charge in [0.25, 0.3) is 0 Å². The zero-order valence-electron chi connectivity index (χ0n) is 9.52. The molecule has 2 heterocycles. The van der Waals surface area contributed by atoms with Crippen LogP contribution in [0, 0.1) is 5.92 Å². The standard InChI is InChI=1S/C11H14BrN3O2/c1-17-11-9(3-8(12)5-14-11)15-6-7(4-13)2-10(15)16/h3,5,7H,2,4,6,13H2,1H3. The van der Waals surface area contributed by atoms with Crippen molar-refractivity contribution in [2.45, 2.75) is 6.42 Å². The third kappa shape index (κ3) is 2.42. The van der Waals surface area contributed by atoms with Crippen molar-refractivity contribution >= 4 is 27.5 Å². The van der Waals surface area contributed by atoms with Crippen molar-refractivity contribution in [3.05, 3.63) is 16.7 Å². The van der Waals surface area contributed by atoms with Crippen molar-refractivity contribution in [1.82, 2.24) is 4.98 Å². The molecule has 0 spiro atoms. The fraction of sp³-hybridized carbons (Fsp3) is 0.455. The summed E-state index contributed by atoms with van der Waals surface area (Å²) in [5.74, 6) is 0.740. The summed E-state index contributed by atoms with van der Waals surface area (Å²) in [6, 6.07) is 1.84. The van der Waals surface area contributed by atoms with Crippen LogP contribution in [0.1, 0.15) is 6.42 Å². The van der Waals surface area contributed by atoms with E-state index in [1.165, 1.54) is 0 Å². The molecule has 1 aromatic heterocycles. The molecule has 0 bridgehead atoms. The van der Waals surface area contributed by atoms with Gasteiger partial charge in [0.1, 0.15) is 5.69 Å². The van der Waals surface area contributed by atoms with Crippen LogP contribution in [0.15, 0.2) is 16.7 Å². The highest BCUT2D eigenvalue weighted by atomic mass is 79.9. The lowest BCUT2D eigenvalue weighted by molar-refractivity contribution is -0.117. The monoisotopic (exact) mass is 299 g/mol. The first-order chi connectivity index (χ1) is 8.15. The normalized spacial score (nSPS) is 19.8. The van der Waals surface area contributed by atoms with E-state index >= 15 is 0 Å². The summed E-state index contributed by atoms with van der Waals surface area (Å²) in [5.41, 5.74) is 6.30. The van der Waals surface area contributed by atoms with Crippen LogP contribution in [0.2, 0.25) is 0 Å². The molecule has 0 saturated carbocycles. The van der Waals surface area contributed by atoms with E-state index in [-0.39, 0.29) is 11.8 Å². The van der Waals surface area contributed by atoms with Crippen molar-refractivity contribution in [1.29, 1.82) is 0 Å². The number of carbonyl (C=O) groups excluding carboxylic acids is 1. The van der Waals surface area contributed by atoms with Gasteiger partial charge in [-0.15, -0.1) is 0 Å². The summed E-state index contributed by atoms with van der Waals surface area (Å²) in [6.45, 7) is 1.15. The van der Waals surface area contributed by atoms with Gasteiger partial charge in [-0.25, -0.2) is 4.98 Å². The smallest absolute Gasteiger partial charge is 0.237 e. The fourth-order valence-electron chi connectivity index (χ4n) is 1.94. The second-order valence-electron chi connectivity index (χ2n) is 3.99. The molecule has 1 amide bonds. The number of aromatic nitrogens is 1. The van der Waals surface area contributed by atoms with Gasteiger partial charge in [-0.05, 0) is 34.5 Å². The van der Waals surface area contributed by atoms with Crippen LogP contribution in [0.5, 0.6) is 5.88 Å². The Morgan fingerprint density at radius 2 is 2.47 bits per heavy atom. The Morgan fingerprint density at radius 3 is 3.06 bits per heavy atom. The molecule has 2 N–H and O–H groups in total. The van der Waals surface area contributed by atoms with Crippen LogP contribution in [0.4, 0.5) is 5.69 Å². The van der Waals surface area contributed by atoms with E-state index in [0.29, 0.717) is 31.1 Å². The Bertz CT molecular complexity index is 439. The van der Waals surface area contributed by atoms with E-state index in [0.717, 1.165) is 4.47 Å². The Labute approximate surface area is 108 Å². The number of hydrogen-bond acceptors (Lipinski definition) is 4. The number of carbonyl (C=O) groups is 1. The van der Waals surface area contributed by atoms with Crippen LogP contribution in [-0.4, -0.2) is 31.1 Å². The van der Waals surface area contributed by atoms with Crippen molar-refractivity contribution in [3.8, 4) is 5.88 Å². The average molecular weight is 300 g/mol. The molecule has 17 heavy (non-hydrogen) atoms. The third-order valence-electron chi connectivity index (χ3n) is 2.82. The van der Waals surface area contributed by atoms with Crippen molar-refractivity contribution in [2.75, 3.05) is 25.1 Å². The van der Waals surface area contributed by atoms with Crippen molar-refractivity contribution in [3.63, 3.8) is 0 Å². The maximum atomic E-state index is 11.9. The highest BCUT2D eigenvalue weighted by Crippen LogP contribution is 2.33. The molecule has 5 nitrogen and oxygen atoms in total. The Morgan fingerprint density at radius 1 is 1.71 bits per heavy atom. The van der Waals surface area contributed by atoms with Gasteiger partial charge in [0.15, 0.2) is 0 Å². The van der Waals surface area contributed by atoms with Gasteiger partial charge in [-0.1, -0.05) is 0 Å². The Kier molecular flexibility index (Phi) is 3.63. The second-order valence-corrected chi connectivity index (χ2v) is 4.91. The number of ether oxygens (including phenoxy) is 1. The van der Waals surface area contributed by atoms with Gasteiger partial charge < -0.3 is 15.4 Å². The summed E-state index contributed by atoms with van der Waals surface area (Å²) in [5, 5.41) is 0. The summed E-state index contributed by atoms with van der Waals surface area (Å²) in [4.78, 5) is 17.7. The summed E-state index contributed by atoms with van der Waals surface area (Å²) >= 11 is 3.34. The number of rotatable bonds is 3. The molecular formula is C11H14BrN3O2. The molecule has 1 unspecified atom stereocenters. The third-order valence-corrected chi connectivity index (χ3v) is 3.26. The average Bonchev–Trinajstić information content (AvgIpc) is 2.70. The van der Waals surface area contributed by atoms with E-state index in [4.69, 9.17) is 10.5 Å². The second kappa shape index (κ2) is 5.01. The SMILES string of the molecule is COc1ncc(Br)cc1N1CC(CN)CC1=O. The first-order valence-electron chi connectivity index (χ1n) is 5.35. The van der Waals surface area contributed by atoms with Crippen LogP contribution in [0.3, 0.4) is 0 Å². The molecule has 1 atom stereocenters. The van der Waals surface area contributed by atoms with E-state index < -0.39 is 0 Å². The summed E-state index contributed by atoms with van der Waals surface area (Å²) in [6.07, 6.45) is 2.13. The molecular weight excluding hydrogens is 286 g/mol. The molecule has 1 fully saturated rings. The lowest BCUT2D eigenvalue weighted by Gasteiger charge is -2.18. The molecule has 1 aliphatic rings. The molecule has 1 aromatic rings. The highest BCUT2D eigenvalue weighted by Gasteiger charge is 2.31. The van der Waals surface area contributed by atoms with E-state index in [1.54, 1.807) is 18.2 Å². The van der Waals surface area contributed by atoms with Crippen LogP contribution >= 0.6 is 15.9 Å². The number of hydrogen-bond donors (Lipinski definition) is 1. The lowest BCUT2D eigenvalue weighted by Crippen LogP contribution is -2.26. The quantitative estimate of drug-likeness (QED) is 0.909. The number of nitrogens with zero attached hydrogens (tertiary/aromatic N) is 2. The predicted molar refractivity (Wildman–Crippen MR) is 68.0 cm³/mol. The van der Waals surface area contributed by atoms with E-state index in [9.17, 15) is 4.79 Å². The zero-order valence-corrected chi connectivity index (χ0v) is 11.1. The van der Waals surface area contributed by atoms with Gasteiger partial charge in [0.2, 0.25) is 11.8 Å². The summed E-state index contributed by atoms with van der Waals surface area (Å²) < 4.78 is 5.99. The number of amides is 1. The van der Waals surface area contributed by atoms with Crippen LogP contribution in [0.25, 0.3) is 0 Å². The topological polar surface area (TPSA) is 68.4 Å². The molecule has 1 aliphatic heterocycles. The van der Waals surface area contributed by atoms with Gasteiger partial charge in [0, 0.05) is 23.6 Å². The maximum Gasteiger partial charge on any atom is 0.237 e. The van der Waals surface area contributed by atoms with Gasteiger partial charge >= 0.3 is 0 Å². The predicted octanol–water partition coefficient (Wildman–Crippen LogP) is 1.16. The van der Waals surface area contributed by atoms with Gasteiger partial charge in [-0.3, -0.25) is 4.79 Å². The van der Waals surface area contributed by atoms with Crippen molar-refractivity contribution in [2.24, 2.45) is 11.7 Å². The highest BCUT2D eigenvalue weighted by molar-refractivity contribution is 9.10. The minimum atomic E-state index is 0.0682. The molecule has 2 rings (SSSR count). The number of halogens is 1. The van der Waals surface area contributed by atoms with Gasteiger partial charge in [0.05, 0.1) is 7.11 Å². The zero-order chi connectivity index (χ0) is 12.4. The minimum Gasteiger partial charge on any atom is -0.480 e. The first-order valence-corrected chi connectivity index (χ1v) is 6.15. The van der Waals surface area contributed by atoms with Crippen LogP contribution in [-0.2, 0) is 4.79 Å². The molecule has 0 radical (unpaired) electrons. The molecule has 1 saturated heterocycles. The fourth-order valence-corrected chi connectivity index (χ4v) is 2.26. The van der Waals surface area contributed by atoms with Crippen molar-refractivity contribution < 1.29 is 9.53 Å². The van der Waals surface area contributed by atoms with Crippen LogP contribution < -0.4 is 15.4 Å². The van der Waals surface area contributed by atoms with Gasteiger partial charge in [-0.2, -0.15) is 0 Å². The lowest BCUT2D eigenvalue weighted by atomic mass is 10.1. The molecule has 6 heteroatoms. The number of methoxy groups -OCH3 is 1. The van der Waals surface area contributed by atoms with E-state index in [2.05, 4.69) is 20.9 Å².